The maximum absolute atomic E-state index is 8.73. The molecule has 7 heteroatoms. The molecule has 2 bridgehead atoms. The molecule has 3 aliphatic rings. The number of epoxide rings is 1. The average molecular weight is 275 g/mol. The van der Waals surface area contributed by atoms with Gasteiger partial charge >= 0.3 is 0 Å². The van der Waals surface area contributed by atoms with Crippen molar-refractivity contribution >= 4 is 0 Å². The summed E-state index contributed by atoms with van der Waals surface area (Å²) < 4.78 is 22.6. The smallest absolute Gasteiger partial charge is 0.187 e. The fraction of sp³-hybridized carbons (Fsp3) is 0.538. The summed E-state index contributed by atoms with van der Waals surface area (Å²) in [6.07, 6.45) is -1.46. The van der Waals surface area contributed by atoms with Gasteiger partial charge in [-0.25, -0.2) is 0 Å². The number of hydrogen-bond acceptors (Lipinski definition) is 5. The monoisotopic (exact) mass is 275 g/mol. The lowest BCUT2D eigenvalue weighted by atomic mass is 10.1. The summed E-state index contributed by atoms with van der Waals surface area (Å²) in [7, 11) is 0. The molecule has 0 aliphatic carbocycles. The van der Waals surface area contributed by atoms with Crippen LogP contribution in [0.4, 0.5) is 0 Å². The van der Waals surface area contributed by atoms with E-state index in [1.165, 1.54) is 0 Å². The van der Waals surface area contributed by atoms with Gasteiger partial charge < -0.3 is 18.9 Å². The molecule has 3 fully saturated rings. The number of fused-ring (bicyclic) bond motifs is 4. The summed E-state index contributed by atoms with van der Waals surface area (Å²) in [6, 6.07) is 9.38. The predicted molar refractivity (Wildman–Crippen MR) is 66.5 cm³/mol. The van der Waals surface area contributed by atoms with Crippen LogP contribution in [0.25, 0.3) is 10.4 Å². The highest BCUT2D eigenvalue weighted by atomic mass is 16.8. The number of rotatable bonds is 4. The van der Waals surface area contributed by atoms with E-state index in [1.807, 2.05) is 30.3 Å². The van der Waals surface area contributed by atoms with Gasteiger partial charge in [-0.05, 0) is 11.1 Å². The molecular weight excluding hydrogens is 262 g/mol. The second-order valence-electron chi connectivity index (χ2n) is 5.01. The molecule has 4 rings (SSSR count). The fourth-order valence-electron chi connectivity index (χ4n) is 2.77. The molecule has 104 valence electrons. The van der Waals surface area contributed by atoms with E-state index in [-0.39, 0.29) is 30.7 Å². The van der Waals surface area contributed by atoms with Crippen molar-refractivity contribution < 1.29 is 18.9 Å². The van der Waals surface area contributed by atoms with Crippen molar-refractivity contribution in [2.24, 2.45) is 5.11 Å². The molecule has 1 aromatic carbocycles. The van der Waals surface area contributed by atoms with Crippen LogP contribution >= 0.6 is 0 Å². The van der Waals surface area contributed by atoms with Gasteiger partial charge in [-0.1, -0.05) is 35.4 Å². The first-order valence-corrected chi connectivity index (χ1v) is 6.54. The van der Waals surface area contributed by atoms with Crippen LogP contribution in [0, 0.1) is 0 Å². The normalized spacial score (nSPS) is 38.7. The third-order valence-corrected chi connectivity index (χ3v) is 3.78. The minimum absolute atomic E-state index is 0.0265. The van der Waals surface area contributed by atoms with Crippen LogP contribution in [0.15, 0.2) is 35.4 Å². The number of azide groups is 1. The minimum Gasteiger partial charge on any atom is -0.361 e. The minimum atomic E-state index is -0.684. The molecule has 0 N–H and O–H groups in total. The van der Waals surface area contributed by atoms with Crippen molar-refractivity contribution in [1.29, 1.82) is 0 Å². The van der Waals surface area contributed by atoms with Crippen LogP contribution in [0.3, 0.4) is 0 Å². The Bertz CT molecular complexity index is 548. The maximum Gasteiger partial charge on any atom is 0.187 e. The van der Waals surface area contributed by atoms with Crippen LogP contribution < -0.4 is 0 Å². The third-order valence-electron chi connectivity index (χ3n) is 3.78. The first-order chi connectivity index (χ1) is 9.86. The highest BCUT2D eigenvalue weighted by Crippen LogP contribution is 2.44. The van der Waals surface area contributed by atoms with Crippen LogP contribution in [-0.4, -0.2) is 37.3 Å². The molecule has 0 saturated carbocycles. The van der Waals surface area contributed by atoms with Gasteiger partial charge in [0.05, 0.1) is 6.61 Å². The van der Waals surface area contributed by atoms with Crippen molar-refractivity contribution in [2.75, 3.05) is 6.61 Å². The van der Waals surface area contributed by atoms with E-state index in [9.17, 15) is 0 Å². The van der Waals surface area contributed by atoms with E-state index in [0.29, 0.717) is 6.61 Å². The molecule has 1 aromatic rings. The van der Waals surface area contributed by atoms with Crippen LogP contribution in [-0.2, 0) is 18.9 Å². The van der Waals surface area contributed by atoms with Crippen molar-refractivity contribution in [3.63, 3.8) is 0 Å². The van der Waals surface area contributed by atoms with Gasteiger partial charge in [-0.3, -0.25) is 0 Å². The molecule has 0 aromatic heterocycles. The third kappa shape index (κ3) is 1.96. The molecule has 3 heterocycles. The first kappa shape index (κ1) is 12.1. The summed E-state index contributed by atoms with van der Waals surface area (Å²) in [6.45, 7) is 0.490. The summed E-state index contributed by atoms with van der Waals surface area (Å²) in [5, 5.41) is 3.73. The Hall–Kier alpha value is -1.63. The average Bonchev–Trinajstić information content (AvgIpc) is 3.17. The molecule has 3 aliphatic heterocycles. The van der Waals surface area contributed by atoms with Crippen LogP contribution in [0.5, 0.6) is 0 Å². The van der Waals surface area contributed by atoms with Gasteiger partial charge in [-0.2, -0.15) is 0 Å². The zero-order chi connectivity index (χ0) is 13.5. The Balaban J connectivity index is 1.55. The number of nitrogens with zero attached hydrogens (tertiary/aromatic N) is 3. The number of hydrogen-bond donors (Lipinski definition) is 0. The topological polar surface area (TPSA) is 89.0 Å². The van der Waals surface area contributed by atoms with Gasteiger partial charge in [0.15, 0.2) is 12.5 Å². The molecule has 0 spiro atoms. The zero-order valence-corrected chi connectivity index (χ0v) is 10.5. The van der Waals surface area contributed by atoms with E-state index >= 15 is 0 Å². The van der Waals surface area contributed by atoms with Crippen molar-refractivity contribution in [3.8, 4) is 0 Å². The first-order valence-electron chi connectivity index (χ1n) is 6.54. The van der Waals surface area contributed by atoms with E-state index in [1.54, 1.807) is 0 Å². The largest absolute Gasteiger partial charge is 0.361 e. The van der Waals surface area contributed by atoms with E-state index in [4.69, 9.17) is 24.5 Å². The molecule has 6 atom stereocenters. The van der Waals surface area contributed by atoms with Gasteiger partial charge in [0.1, 0.15) is 24.4 Å². The Kier molecular flexibility index (Phi) is 2.87. The molecule has 3 saturated heterocycles. The standard InChI is InChI=1S/C13H13N3O4/c14-16-15-12(7-4-2-1-3-5-7)20-9-8-6-17-13(18-8)11-10(9)19-11/h1-5,8-13H,6H2/t8-,9-,10+,11+,12?,13+/m1/s1. The maximum atomic E-state index is 8.73. The van der Waals surface area contributed by atoms with Crippen LogP contribution in [0.2, 0.25) is 0 Å². The van der Waals surface area contributed by atoms with Crippen LogP contribution in [0.1, 0.15) is 11.8 Å². The summed E-state index contributed by atoms with van der Waals surface area (Å²) in [5.41, 5.74) is 9.54. The Labute approximate surface area is 115 Å². The molecule has 0 amide bonds. The summed E-state index contributed by atoms with van der Waals surface area (Å²) in [4.78, 5) is 2.86. The summed E-state index contributed by atoms with van der Waals surface area (Å²) >= 11 is 0. The van der Waals surface area contributed by atoms with Crippen molar-refractivity contribution in [1.82, 2.24) is 0 Å². The lowest BCUT2D eigenvalue weighted by Crippen LogP contribution is -2.42. The van der Waals surface area contributed by atoms with Gasteiger partial charge in [0.25, 0.3) is 0 Å². The fourth-order valence-corrected chi connectivity index (χ4v) is 2.77. The van der Waals surface area contributed by atoms with E-state index in [2.05, 4.69) is 10.0 Å². The Morgan fingerprint density at radius 1 is 1.25 bits per heavy atom. The molecular formula is C13H13N3O4. The lowest BCUT2D eigenvalue weighted by molar-refractivity contribution is -0.133. The second kappa shape index (κ2) is 4.73. The zero-order valence-electron chi connectivity index (χ0n) is 10.5. The lowest BCUT2D eigenvalue weighted by Gasteiger charge is -2.27. The SMILES string of the molecule is [N-]=[N+]=NC(O[C@H]1[C@@H]2O[C@@H]2[C@H]2OC[C@H]1O2)c1ccccc1. The predicted octanol–water partition coefficient (Wildman–Crippen LogP) is 1.90. The second-order valence-corrected chi connectivity index (χ2v) is 5.01. The molecule has 20 heavy (non-hydrogen) atoms. The number of ether oxygens (including phenoxy) is 4. The van der Waals surface area contributed by atoms with Crippen molar-refractivity contribution in [3.05, 3.63) is 46.3 Å². The van der Waals surface area contributed by atoms with E-state index < -0.39 is 6.23 Å². The van der Waals surface area contributed by atoms with Gasteiger partial charge in [0.2, 0.25) is 0 Å². The Morgan fingerprint density at radius 2 is 2.10 bits per heavy atom. The molecule has 1 unspecified atom stereocenters. The van der Waals surface area contributed by atoms with Gasteiger partial charge in [-0.15, -0.1) is 0 Å². The van der Waals surface area contributed by atoms with Crippen molar-refractivity contribution in [2.45, 2.75) is 36.9 Å². The quantitative estimate of drug-likeness (QED) is 0.363. The van der Waals surface area contributed by atoms with E-state index in [0.717, 1.165) is 5.56 Å². The van der Waals surface area contributed by atoms with Gasteiger partial charge in [0, 0.05) is 4.91 Å². The molecule has 0 radical (unpaired) electrons. The highest BCUT2D eigenvalue weighted by molar-refractivity contribution is 5.17. The number of benzene rings is 1. The summed E-state index contributed by atoms with van der Waals surface area (Å²) in [5.74, 6) is 0. The molecule has 7 nitrogen and oxygen atoms in total. The highest BCUT2D eigenvalue weighted by Gasteiger charge is 2.62. The Morgan fingerprint density at radius 3 is 2.90 bits per heavy atom.